The smallest absolute Gasteiger partial charge is 0.258 e. The fourth-order valence-corrected chi connectivity index (χ4v) is 2.90. The first-order valence-electron chi connectivity index (χ1n) is 7.37. The number of hydrogen-bond donors (Lipinski definition) is 1. The van der Waals surface area contributed by atoms with Crippen molar-refractivity contribution in [3.63, 3.8) is 0 Å². The second kappa shape index (κ2) is 5.22. The van der Waals surface area contributed by atoms with Crippen molar-refractivity contribution in [3.8, 4) is 11.5 Å². The van der Waals surface area contributed by atoms with Crippen LogP contribution >= 0.6 is 0 Å². The summed E-state index contributed by atoms with van der Waals surface area (Å²) < 4.78 is 18.5. The molecule has 0 aliphatic heterocycles. The number of nitrogens with zero attached hydrogens (tertiary/aromatic N) is 2. The largest absolute Gasteiger partial charge is 0.334 e. The Labute approximate surface area is 123 Å². The van der Waals surface area contributed by atoms with E-state index in [4.69, 9.17) is 10.3 Å². The van der Waals surface area contributed by atoms with Crippen LogP contribution in [-0.4, -0.2) is 10.1 Å². The Hall–Kier alpha value is -1.75. The van der Waals surface area contributed by atoms with Gasteiger partial charge >= 0.3 is 0 Å². The van der Waals surface area contributed by atoms with E-state index in [-0.39, 0.29) is 5.82 Å². The molecule has 1 aromatic carbocycles. The van der Waals surface area contributed by atoms with Gasteiger partial charge in [0.1, 0.15) is 5.82 Å². The number of rotatable bonds is 2. The lowest BCUT2D eigenvalue weighted by Gasteiger charge is -2.33. The van der Waals surface area contributed by atoms with Crippen LogP contribution in [0.15, 0.2) is 22.7 Å². The molecular weight excluding hydrogens is 269 g/mol. The van der Waals surface area contributed by atoms with Gasteiger partial charge in [-0.2, -0.15) is 4.98 Å². The predicted octanol–water partition coefficient (Wildman–Crippen LogP) is 3.55. The summed E-state index contributed by atoms with van der Waals surface area (Å²) in [5, 5.41) is 4.07. The Morgan fingerprint density at radius 2 is 2.05 bits per heavy atom. The number of aryl methyl sites for hydroxylation is 1. The number of aromatic nitrogens is 2. The second-order valence-corrected chi connectivity index (χ2v) is 6.22. The highest BCUT2D eigenvalue weighted by Gasteiger charge is 2.36. The molecule has 5 heteroatoms. The van der Waals surface area contributed by atoms with Crippen LogP contribution in [-0.2, 0) is 5.54 Å². The molecule has 0 bridgehead atoms. The van der Waals surface area contributed by atoms with E-state index in [1.54, 1.807) is 6.07 Å². The maximum atomic E-state index is 13.2. The maximum Gasteiger partial charge on any atom is 0.258 e. The average Bonchev–Trinajstić information content (AvgIpc) is 2.92. The summed E-state index contributed by atoms with van der Waals surface area (Å²) >= 11 is 0. The average molecular weight is 289 g/mol. The van der Waals surface area contributed by atoms with E-state index in [1.165, 1.54) is 12.1 Å². The number of nitrogens with two attached hydrogens (primary N) is 1. The highest BCUT2D eigenvalue weighted by molar-refractivity contribution is 5.58. The summed E-state index contributed by atoms with van der Waals surface area (Å²) in [6.07, 6.45) is 3.90. The summed E-state index contributed by atoms with van der Waals surface area (Å²) in [5.74, 6) is 1.40. The molecule has 0 radical (unpaired) electrons. The molecule has 0 saturated heterocycles. The van der Waals surface area contributed by atoms with Gasteiger partial charge in [-0.05, 0) is 62.3 Å². The van der Waals surface area contributed by atoms with Gasteiger partial charge in [-0.3, -0.25) is 0 Å². The first-order valence-corrected chi connectivity index (χ1v) is 7.37. The quantitative estimate of drug-likeness (QED) is 0.918. The molecule has 3 rings (SSSR count). The summed E-state index contributed by atoms with van der Waals surface area (Å²) in [6.45, 7) is 4.06. The predicted molar refractivity (Wildman–Crippen MR) is 77.9 cm³/mol. The molecule has 2 aromatic rings. The Morgan fingerprint density at radius 3 is 2.71 bits per heavy atom. The molecule has 2 N–H and O–H groups in total. The maximum absolute atomic E-state index is 13.2. The Bertz CT molecular complexity index is 645. The van der Waals surface area contributed by atoms with Gasteiger partial charge in [0.05, 0.1) is 5.54 Å². The van der Waals surface area contributed by atoms with Crippen molar-refractivity contribution in [1.29, 1.82) is 0 Å². The lowest BCUT2D eigenvalue weighted by Crippen LogP contribution is -2.41. The van der Waals surface area contributed by atoms with Crippen LogP contribution < -0.4 is 5.73 Å². The second-order valence-electron chi connectivity index (χ2n) is 6.22. The van der Waals surface area contributed by atoms with Crippen LogP contribution in [0.5, 0.6) is 0 Å². The van der Waals surface area contributed by atoms with Crippen LogP contribution in [0.3, 0.4) is 0 Å². The standard InChI is InChI=1S/C16H20FN3O/c1-10-5-7-16(18,8-6-10)15-19-14(21-20-15)13-4-3-12(17)9-11(13)2/h3-4,9-10H,5-8,18H2,1-2H3. The molecule has 112 valence electrons. The van der Waals surface area contributed by atoms with Crippen molar-refractivity contribution in [1.82, 2.24) is 10.1 Å². The summed E-state index contributed by atoms with van der Waals surface area (Å²) in [7, 11) is 0. The highest BCUT2D eigenvalue weighted by atomic mass is 19.1. The van der Waals surface area contributed by atoms with Crippen LogP contribution in [0.1, 0.15) is 44.0 Å². The van der Waals surface area contributed by atoms with Crippen LogP contribution in [0.25, 0.3) is 11.5 Å². The monoisotopic (exact) mass is 289 g/mol. The lowest BCUT2D eigenvalue weighted by atomic mass is 9.77. The van der Waals surface area contributed by atoms with E-state index in [9.17, 15) is 4.39 Å². The first kappa shape index (κ1) is 14.2. The van der Waals surface area contributed by atoms with Crippen LogP contribution in [0.2, 0.25) is 0 Å². The van der Waals surface area contributed by atoms with Gasteiger partial charge in [0.2, 0.25) is 0 Å². The minimum absolute atomic E-state index is 0.271. The lowest BCUT2D eigenvalue weighted by molar-refractivity contribution is 0.230. The molecule has 1 aromatic heterocycles. The van der Waals surface area contributed by atoms with Crippen molar-refractivity contribution in [2.45, 2.75) is 45.1 Å². The van der Waals surface area contributed by atoms with Gasteiger partial charge in [0, 0.05) is 5.56 Å². The third kappa shape index (κ3) is 2.70. The molecule has 4 nitrogen and oxygen atoms in total. The molecule has 0 spiro atoms. The molecule has 21 heavy (non-hydrogen) atoms. The van der Waals surface area contributed by atoms with E-state index in [0.29, 0.717) is 17.6 Å². The van der Waals surface area contributed by atoms with E-state index in [0.717, 1.165) is 36.8 Å². The van der Waals surface area contributed by atoms with Gasteiger partial charge in [-0.1, -0.05) is 12.1 Å². The minimum atomic E-state index is -0.498. The summed E-state index contributed by atoms with van der Waals surface area (Å²) in [5.41, 5.74) is 7.48. The van der Waals surface area contributed by atoms with Crippen molar-refractivity contribution < 1.29 is 8.91 Å². The molecule has 0 unspecified atom stereocenters. The Morgan fingerprint density at radius 1 is 1.33 bits per heavy atom. The van der Waals surface area contributed by atoms with Crippen LogP contribution in [0, 0.1) is 18.7 Å². The molecular formula is C16H20FN3O. The number of hydrogen-bond acceptors (Lipinski definition) is 4. The molecule has 0 atom stereocenters. The van der Waals surface area contributed by atoms with Gasteiger partial charge < -0.3 is 10.3 Å². The third-order valence-electron chi connectivity index (χ3n) is 4.46. The molecule has 0 amide bonds. The van der Waals surface area contributed by atoms with Gasteiger partial charge in [-0.15, -0.1) is 0 Å². The van der Waals surface area contributed by atoms with Gasteiger partial charge in [0.15, 0.2) is 5.82 Å². The molecule has 1 aliphatic rings. The Balaban J connectivity index is 1.89. The topological polar surface area (TPSA) is 64.9 Å². The molecule has 1 heterocycles. The normalized spacial score (nSPS) is 26.0. The van der Waals surface area contributed by atoms with E-state index in [2.05, 4.69) is 17.1 Å². The fraction of sp³-hybridized carbons (Fsp3) is 0.500. The van der Waals surface area contributed by atoms with Crippen molar-refractivity contribution in [2.24, 2.45) is 11.7 Å². The zero-order chi connectivity index (χ0) is 15.0. The van der Waals surface area contributed by atoms with Crippen LogP contribution in [0.4, 0.5) is 4.39 Å². The van der Waals surface area contributed by atoms with Gasteiger partial charge in [-0.25, -0.2) is 4.39 Å². The first-order chi connectivity index (χ1) is 9.98. The zero-order valence-corrected chi connectivity index (χ0v) is 12.4. The van der Waals surface area contributed by atoms with Crippen molar-refractivity contribution in [3.05, 3.63) is 35.4 Å². The molecule has 1 fully saturated rings. The van der Waals surface area contributed by atoms with E-state index in [1.807, 2.05) is 6.92 Å². The number of benzene rings is 1. The number of halogens is 1. The summed E-state index contributed by atoms with van der Waals surface area (Å²) in [6, 6.07) is 4.51. The minimum Gasteiger partial charge on any atom is -0.334 e. The van der Waals surface area contributed by atoms with Gasteiger partial charge in [0.25, 0.3) is 5.89 Å². The van der Waals surface area contributed by atoms with Crippen molar-refractivity contribution >= 4 is 0 Å². The Kier molecular flexibility index (Phi) is 3.53. The SMILES string of the molecule is Cc1cc(F)ccc1-c1nc(C2(N)CCC(C)CC2)no1. The fourth-order valence-electron chi connectivity index (χ4n) is 2.90. The third-order valence-corrected chi connectivity index (χ3v) is 4.46. The highest BCUT2D eigenvalue weighted by Crippen LogP contribution is 2.36. The van der Waals surface area contributed by atoms with E-state index < -0.39 is 5.54 Å². The zero-order valence-electron chi connectivity index (χ0n) is 12.4. The molecule has 1 saturated carbocycles. The summed E-state index contributed by atoms with van der Waals surface area (Å²) in [4.78, 5) is 4.47. The van der Waals surface area contributed by atoms with E-state index >= 15 is 0 Å². The van der Waals surface area contributed by atoms with Crippen molar-refractivity contribution in [2.75, 3.05) is 0 Å². The molecule has 1 aliphatic carbocycles.